The van der Waals surface area contributed by atoms with E-state index in [1.54, 1.807) is 0 Å². The number of unbranched alkanes of at least 4 members (excludes halogenated alkanes) is 6. The van der Waals surface area contributed by atoms with Crippen LogP contribution in [0.5, 0.6) is 0 Å². The molecule has 0 fully saturated rings. The predicted molar refractivity (Wildman–Crippen MR) is 114 cm³/mol. The maximum Gasteiger partial charge on any atom is 0.416 e. The highest BCUT2D eigenvalue weighted by Crippen LogP contribution is 2.35. The molecule has 0 atom stereocenters. The van der Waals surface area contributed by atoms with Gasteiger partial charge in [-0.2, -0.15) is 13.2 Å². The first kappa shape index (κ1) is 25.9. The molecule has 0 aliphatic rings. The van der Waals surface area contributed by atoms with Crippen LogP contribution in [0.2, 0.25) is 0 Å². The molecule has 0 saturated heterocycles. The van der Waals surface area contributed by atoms with Gasteiger partial charge in [0.25, 0.3) is 0 Å². The summed E-state index contributed by atoms with van der Waals surface area (Å²) in [5.74, 6) is 1.64. The number of esters is 1. The highest BCUT2D eigenvalue weighted by molar-refractivity contribution is 5.92. The highest BCUT2D eigenvalue weighted by Gasteiger charge is 2.34. The van der Waals surface area contributed by atoms with Gasteiger partial charge in [-0.3, -0.25) is 0 Å². The lowest BCUT2D eigenvalue weighted by atomic mass is 9.89. The zero-order valence-electron chi connectivity index (χ0n) is 18.5. The minimum Gasteiger partial charge on any atom is -0.465 e. The van der Waals surface area contributed by atoms with Crippen molar-refractivity contribution in [2.75, 3.05) is 7.11 Å². The van der Waals surface area contributed by atoms with E-state index in [0.29, 0.717) is 11.8 Å². The predicted octanol–water partition coefficient (Wildman–Crippen LogP) is 6.47. The van der Waals surface area contributed by atoms with Gasteiger partial charge < -0.3 is 10.5 Å². The Labute approximate surface area is 178 Å². The second-order valence-electron chi connectivity index (χ2n) is 8.85. The van der Waals surface area contributed by atoms with E-state index in [-0.39, 0.29) is 23.1 Å². The average Bonchev–Trinajstić information content (AvgIpc) is 2.65. The maximum absolute atomic E-state index is 13.5. The number of halogens is 3. The van der Waals surface area contributed by atoms with Crippen molar-refractivity contribution in [1.82, 2.24) is 0 Å². The Morgan fingerprint density at radius 2 is 1.57 bits per heavy atom. The number of nitrogens with two attached hydrogens (primary N) is 1. The minimum absolute atomic E-state index is 0.0114. The number of carbonyl (C=O) groups is 1. The number of hydrogen-bond donors (Lipinski definition) is 1. The van der Waals surface area contributed by atoms with Crippen LogP contribution in [0.4, 0.5) is 13.2 Å². The molecule has 0 radical (unpaired) electrons. The van der Waals surface area contributed by atoms with Crippen LogP contribution in [-0.2, 0) is 17.3 Å². The van der Waals surface area contributed by atoms with Crippen molar-refractivity contribution in [2.24, 2.45) is 11.1 Å². The van der Waals surface area contributed by atoms with E-state index in [0.717, 1.165) is 31.7 Å². The van der Waals surface area contributed by atoms with Gasteiger partial charge in [0, 0.05) is 11.6 Å². The molecule has 168 valence electrons. The third-order valence-corrected chi connectivity index (χ3v) is 5.03. The summed E-state index contributed by atoms with van der Waals surface area (Å²) in [6.07, 6.45) is 4.08. The van der Waals surface area contributed by atoms with Crippen LogP contribution in [0.3, 0.4) is 0 Å². The molecule has 0 spiro atoms. The van der Waals surface area contributed by atoms with Crippen molar-refractivity contribution in [2.45, 2.75) is 84.7 Å². The van der Waals surface area contributed by atoms with Crippen molar-refractivity contribution in [3.63, 3.8) is 0 Å². The Bertz CT molecular complexity index is 753. The van der Waals surface area contributed by atoms with Crippen molar-refractivity contribution < 1.29 is 22.7 Å². The number of aryl methyl sites for hydroxylation is 1. The molecular weight excluding hydrogens is 391 g/mol. The normalized spacial score (nSPS) is 11.7. The average molecular weight is 426 g/mol. The molecule has 0 aliphatic carbocycles. The van der Waals surface area contributed by atoms with Crippen LogP contribution in [0.25, 0.3) is 0 Å². The summed E-state index contributed by atoms with van der Waals surface area (Å²) in [6.45, 7) is 6.72. The van der Waals surface area contributed by atoms with Gasteiger partial charge in [-0.1, -0.05) is 59.3 Å². The lowest BCUT2D eigenvalue weighted by molar-refractivity contribution is -0.138. The van der Waals surface area contributed by atoms with Crippen LogP contribution in [0.1, 0.15) is 99.2 Å². The first-order valence-electron chi connectivity index (χ1n) is 10.5. The van der Waals surface area contributed by atoms with Gasteiger partial charge in [0.2, 0.25) is 0 Å². The Hall–Kier alpha value is -2.16. The molecule has 0 aliphatic heterocycles. The quantitative estimate of drug-likeness (QED) is 0.202. The zero-order chi connectivity index (χ0) is 22.8. The second kappa shape index (κ2) is 11.9. The van der Waals surface area contributed by atoms with Crippen molar-refractivity contribution in [3.05, 3.63) is 34.4 Å². The number of benzene rings is 1. The summed E-state index contributed by atoms with van der Waals surface area (Å²) < 4.78 is 45.2. The number of carbonyl (C=O) groups excluding carboxylic acids is 1. The zero-order valence-corrected chi connectivity index (χ0v) is 18.5. The molecule has 6 heteroatoms. The van der Waals surface area contributed by atoms with E-state index < -0.39 is 17.7 Å². The first-order chi connectivity index (χ1) is 14.0. The van der Waals surface area contributed by atoms with E-state index in [9.17, 15) is 18.0 Å². The smallest absolute Gasteiger partial charge is 0.416 e. The Balaban J connectivity index is 2.69. The molecule has 2 N–H and O–H groups in total. The van der Waals surface area contributed by atoms with E-state index >= 15 is 0 Å². The monoisotopic (exact) mass is 425 g/mol. The lowest BCUT2D eigenvalue weighted by Gasteiger charge is -2.17. The van der Waals surface area contributed by atoms with Gasteiger partial charge in [-0.25, -0.2) is 4.79 Å². The molecular formula is C24H34F3NO2. The fourth-order valence-electron chi connectivity index (χ4n) is 3.43. The summed E-state index contributed by atoms with van der Waals surface area (Å²) in [4.78, 5) is 12.0. The van der Waals surface area contributed by atoms with Crippen LogP contribution >= 0.6 is 0 Å². The standard InChI is InChI=1S/C24H34F3NO2/c1-23(2,3)14-11-9-7-5-6-8-10-12-19-16-20(22(29)30-4)18(13-15-28)17-21(19)24(25,26)27/h16-17H,5-12,14,28H2,1-4H3. The van der Waals surface area contributed by atoms with Crippen molar-refractivity contribution >= 4 is 5.97 Å². The number of ether oxygens (including phenoxy) is 1. The molecule has 3 nitrogen and oxygen atoms in total. The molecule has 30 heavy (non-hydrogen) atoms. The fourth-order valence-corrected chi connectivity index (χ4v) is 3.43. The summed E-state index contributed by atoms with van der Waals surface area (Å²) in [7, 11) is 1.18. The molecule has 0 bridgehead atoms. The molecule has 0 unspecified atom stereocenters. The SMILES string of the molecule is COC(=O)c1cc(CCCCCCCCCC(C)(C)C)c(C(F)(F)F)cc1C#CN. The first-order valence-corrected chi connectivity index (χ1v) is 10.5. The number of hydrogen-bond acceptors (Lipinski definition) is 3. The van der Waals surface area contributed by atoms with Gasteiger partial charge in [0.15, 0.2) is 0 Å². The number of methoxy groups -OCH3 is 1. The Kier molecular flexibility index (Phi) is 10.2. The van der Waals surface area contributed by atoms with Crippen LogP contribution in [-0.4, -0.2) is 13.1 Å². The second-order valence-corrected chi connectivity index (χ2v) is 8.85. The summed E-state index contributed by atoms with van der Waals surface area (Å²) >= 11 is 0. The number of alkyl halides is 3. The molecule has 1 aromatic rings. The third-order valence-electron chi connectivity index (χ3n) is 5.03. The van der Waals surface area contributed by atoms with Gasteiger partial charge in [0.05, 0.1) is 18.2 Å². The summed E-state index contributed by atoms with van der Waals surface area (Å²) in [6, 6.07) is 4.22. The highest BCUT2D eigenvalue weighted by atomic mass is 19.4. The Morgan fingerprint density at radius 3 is 2.07 bits per heavy atom. The molecule has 0 saturated carbocycles. The van der Waals surface area contributed by atoms with Crippen LogP contribution in [0.15, 0.2) is 12.1 Å². The fraction of sp³-hybridized carbons (Fsp3) is 0.625. The molecule has 1 aromatic carbocycles. The van der Waals surface area contributed by atoms with Crippen molar-refractivity contribution in [3.8, 4) is 12.0 Å². The largest absolute Gasteiger partial charge is 0.465 e. The minimum atomic E-state index is -4.53. The maximum atomic E-state index is 13.5. The molecule has 0 aromatic heterocycles. The van der Waals surface area contributed by atoms with Crippen LogP contribution < -0.4 is 5.73 Å². The van der Waals surface area contributed by atoms with Gasteiger partial charge in [-0.15, -0.1) is 0 Å². The van der Waals surface area contributed by atoms with Gasteiger partial charge >= 0.3 is 12.1 Å². The lowest BCUT2D eigenvalue weighted by Crippen LogP contribution is -2.14. The van der Waals surface area contributed by atoms with E-state index in [1.807, 2.05) is 0 Å². The van der Waals surface area contributed by atoms with E-state index in [4.69, 9.17) is 5.73 Å². The van der Waals surface area contributed by atoms with Crippen LogP contribution in [0, 0.1) is 17.4 Å². The number of rotatable bonds is 10. The van der Waals surface area contributed by atoms with Gasteiger partial charge in [-0.05, 0) is 48.3 Å². The molecule has 0 heterocycles. The van der Waals surface area contributed by atoms with Gasteiger partial charge in [0.1, 0.15) is 0 Å². The van der Waals surface area contributed by atoms with E-state index in [2.05, 4.69) is 37.5 Å². The molecule has 0 amide bonds. The Morgan fingerprint density at radius 1 is 1.00 bits per heavy atom. The third kappa shape index (κ3) is 9.11. The van der Waals surface area contributed by atoms with E-state index in [1.165, 1.54) is 32.4 Å². The summed E-state index contributed by atoms with van der Waals surface area (Å²) in [5.41, 5.74) is 4.78. The topological polar surface area (TPSA) is 52.3 Å². The summed E-state index contributed by atoms with van der Waals surface area (Å²) in [5, 5.41) is 0. The van der Waals surface area contributed by atoms with Crippen molar-refractivity contribution in [1.29, 1.82) is 0 Å². The molecule has 1 rings (SSSR count).